The van der Waals surface area contributed by atoms with Crippen molar-refractivity contribution in [2.45, 2.75) is 17.7 Å². The average Bonchev–Trinajstić information content (AvgIpc) is 3.10. The molecule has 0 radical (unpaired) electrons. The molecule has 0 saturated carbocycles. The maximum absolute atomic E-state index is 12.6. The number of phenols is 1. The van der Waals surface area contributed by atoms with Gasteiger partial charge in [-0.1, -0.05) is 18.2 Å². The van der Waals surface area contributed by atoms with Crippen molar-refractivity contribution in [2.24, 2.45) is 0 Å². The van der Waals surface area contributed by atoms with E-state index in [-0.39, 0.29) is 10.6 Å². The molecular weight excluding hydrogens is 314 g/mol. The van der Waals surface area contributed by atoms with Crippen LogP contribution >= 0.6 is 0 Å². The van der Waals surface area contributed by atoms with E-state index in [1.165, 1.54) is 11.4 Å². The molecule has 0 spiro atoms. The molecule has 0 atom stereocenters. The maximum atomic E-state index is 12.6. The van der Waals surface area contributed by atoms with Crippen LogP contribution in [0.2, 0.25) is 0 Å². The number of hydrogen-bond donors (Lipinski definition) is 1. The number of benzene rings is 2. The van der Waals surface area contributed by atoms with Gasteiger partial charge in [-0.2, -0.15) is 4.31 Å². The average molecular weight is 333 g/mol. The van der Waals surface area contributed by atoms with Gasteiger partial charge in [0.2, 0.25) is 10.0 Å². The fourth-order valence-corrected chi connectivity index (χ4v) is 4.35. The van der Waals surface area contributed by atoms with Crippen molar-refractivity contribution in [3.05, 3.63) is 42.5 Å². The fraction of sp³-hybridized carbons (Fsp3) is 0.294. The summed E-state index contributed by atoms with van der Waals surface area (Å²) in [6.45, 7) is 1.16. The largest absolute Gasteiger partial charge is 0.504 e. The quantitative estimate of drug-likeness (QED) is 0.934. The van der Waals surface area contributed by atoms with Crippen LogP contribution in [0.25, 0.3) is 11.1 Å². The molecule has 0 amide bonds. The monoisotopic (exact) mass is 333 g/mol. The summed E-state index contributed by atoms with van der Waals surface area (Å²) in [5.74, 6) is 0.410. The van der Waals surface area contributed by atoms with E-state index in [0.29, 0.717) is 18.8 Å². The van der Waals surface area contributed by atoms with Crippen molar-refractivity contribution in [2.75, 3.05) is 20.2 Å². The van der Waals surface area contributed by atoms with E-state index in [4.69, 9.17) is 4.74 Å². The number of methoxy groups -OCH3 is 1. The first-order chi connectivity index (χ1) is 11.0. The zero-order valence-electron chi connectivity index (χ0n) is 12.9. The van der Waals surface area contributed by atoms with Crippen LogP contribution in [-0.2, 0) is 10.0 Å². The molecule has 0 aromatic heterocycles. The number of sulfonamides is 1. The molecule has 1 aliphatic heterocycles. The van der Waals surface area contributed by atoms with Crippen molar-refractivity contribution in [3.8, 4) is 22.6 Å². The van der Waals surface area contributed by atoms with Crippen LogP contribution in [0, 0.1) is 0 Å². The molecule has 0 unspecified atom stereocenters. The van der Waals surface area contributed by atoms with Gasteiger partial charge >= 0.3 is 0 Å². The molecule has 0 bridgehead atoms. The van der Waals surface area contributed by atoms with Gasteiger partial charge < -0.3 is 9.84 Å². The van der Waals surface area contributed by atoms with E-state index in [1.807, 2.05) is 6.07 Å². The lowest BCUT2D eigenvalue weighted by Gasteiger charge is -2.16. The molecule has 1 heterocycles. The molecule has 122 valence electrons. The van der Waals surface area contributed by atoms with Crippen LogP contribution in [0.3, 0.4) is 0 Å². The second-order valence-corrected chi connectivity index (χ2v) is 7.46. The van der Waals surface area contributed by atoms with Crippen LogP contribution in [0.5, 0.6) is 11.5 Å². The summed E-state index contributed by atoms with van der Waals surface area (Å²) in [6.07, 6.45) is 1.82. The zero-order valence-corrected chi connectivity index (χ0v) is 13.7. The molecule has 1 N–H and O–H groups in total. The van der Waals surface area contributed by atoms with Crippen LogP contribution in [0.1, 0.15) is 12.8 Å². The van der Waals surface area contributed by atoms with Gasteiger partial charge in [0.1, 0.15) is 0 Å². The third kappa shape index (κ3) is 3.04. The van der Waals surface area contributed by atoms with E-state index < -0.39 is 10.0 Å². The molecule has 2 aromatic rings. The second-order valence-electron chi connectivity index (χ2n) is 5.53. The highest BCUT2D eigenvalue weighted by Crippen LogP contribution is 2.32. The summed E-state index contributed by atoms with van der Waals surface area (Å²) in [6, 6.07) is 11.8. The number of hydrogen-bond acceptors (Lipinski definition) is 4. The van der Waals surface area contributed by atoms with Crippen molar-refractivity contribution < 1.29 is 18.3 Å². The summed E-state index contributed by atoms with van der Waals surface area (Å²) < 4.78 is 31.8. The fourth-order valence-electron chi connectivity index (χ4n) is 2.78. The summed E-state index contributed by atoms with van der Waals surface area (Å²) >= 11 is 0. The van der Waals surface area contributed by atoms with E-state index in [1.54, 1.807) is 36.4 Å². The molecule has 0 aliphatic carbocycles. The Balaban J connectivity index is 1.98. The van der Waals surface area contributed by atoms with Crippen molar-refractivity contribution in [3.63, 3.8) is 0 Å². The van der Waals surface area contributed by atoms with Gasteiger partial charge in [0.25, 0.3) is 0 Å². The van der Waals surface area contributed by atoms with Crippen molar-refractivity contribution >= 4 is 10.0 Å². The predicted octanol–water partition coefficient (Wildman–Crippen LogP) is 2.85. The first-order valence-electron chi connectivity index (χ1n) is 7.50. The smallest absolute Gasteiger partial charge is 0.243 e. The van der Waals surface area contributed by atoms with Gasteiger partial charge in [-0.15, -0.1) is 0 Å². The highest BCUT2D eigenvalue weighted by Gasteiger charge is 2.27. The molecule has 23 heavy (non-hydrogen) atoms. The van der Waals surface area contributed by atoms with E-state index in [2.05, 4.69) is 0 Å². The predicted molar refractivity (Wildman–Crippen MR) is 88.1 cm³/mol. The molecule has 3 rings (SSSR count). The lowest BCUT2D eigenvalue weighted by Crippen LogP contribution is -2.27. The Bertz CT molecular complexity index is 811. The minimum atomic E-state index is -3.45. The van der Waals surface area contributed by atoms with Crippen LogP contribution < -0.4 is 4.74 Å². The minimum absolute atomic E-state index is 0.0257. The Morgan fingerprint density at radius 3 is 2.39 bits per heavy atom. The van der Waals surface area contributed by atoms with E-state index >= 15 is 0 Å². The Morgan fingerprint density at radius 2 is 1.74 bits per heavy atom. The first-order valence-corrected chi connectivity index (χ1v) is 8.94. The minimum Gasteiger partial charge on any atom is -0.504 e. The van der Waals surface area contributed by atoms with Crippen LogP contribution in [0.15, 0.2) is 47.4 Å². The highest BCUT2D eigenvalue weighted by molar-refractivity contribution is 7.89. The van der Waals surface area contributed by atoms with Crippen LogP contribution in [-0.4, -0.2) is 38.0 Å². The first kappa shape index (κ1) is 15.8. The highest BCUT2D eigenvalue weighted by atomic mass is 32.2. The number of phenolic OH excluding ortho intramolecular Hbond substituents is 1. The standard InChI is InChI=1S/C17H19NO4S/c1-22-17-8-7-14(12-16(17)19)13-5-4-6-15(11-13)23(20,21)18-9-2-3-10-18/h4-8,11-12,19H,2-3,9-10H2,1H3. The van der Waals surface area contributed by atoms with Gasteiger partial charge in [-0.3, -0.25) is 0 Å². The molecule has 6 heteroatoms. The summed E-state index contributed by atoms with van der Waals surface area (Å²) in [7, 11) is -1.96. The number of rotatable bonds is 4. The van der Waals surface area contributed by atoms with Crippen LogP contribution in [0.4, 0.5) is 0 Å². The SMILES string of the molecule is COc1ccc(-c2cccc(S(=O)(=O)N3CCCC3)c2)cc1O. The third-order valence-corrected chi connectivity index (χ3v) is 5.94. The zero-order chi connectivity index (χ0) is 16.4. The molecule has 5 nitrogen and oxygen atoms in total. The van der Waals surface area contributed by atoms with Gasteiger partial charge in [-0.05, 0) is 48.2 Å². The number of ether oxygens (including phenoxy) is 1. The number of nitrogens with zero attached hydrogens (tertiary/aromatic N) is 1. The molecule has 1 aliphatic rings. The lowest BCUT2D eigenvalue weighted by atomic mass is 10.1. The Kier molecular flexibility index (Phi) is 4.28. The Labute approximate surface area is 136 Å². The Hall–Kier alpha value is -2.05. The van der Waals surface area contributed by atoms with Crippen molar-refractivity contribution in [1.29, 1.82) is 0 Å². The topological polar surface area (TPSA) is 66.8 Å². The van der Waals surface area contributed by atoms with Crippen molar-refractivity contribution in [1.82, 2.24) is 4.31 Å². The van der Waals surface area contributed by atoms with Gasteiger partial charge in [-0.25, -0.2) is 8.42 Å². The summed E-state index contributed by atoms with van der Waals surface area (Å²) in [5.41, 5.74) is 1.48. The molecule has 1 fully saturated rings. The second kappa shape index (κ2) is 6.22. The third-order valence-electron chi connectivity index (χ3n) is 4.05. The van der Waals surface area contributed by atoms with Gasteiger partial charge in [0.05, 0.1) is 12.0 Å². The molecule has 2 aromatic carbocycles. The van der Waals surface area contributed by atoms with Gasteiger partial charge in [0, 0.05) is 13.1 Å². The van der Waals surface area contributed by atoms with Gasteiger partial charge in [0.15, 0.2) is 11.5 Å². The number of aromatic hydroxyl groups is 1. The van der Waals surface area contributed by atoms with E-state index in [9.17, 15) is 13.5 Å². The lowest BCUT2D eigenvalue weighted by molar-refractivity contribution is 0.373. The summed E-state index contributed by atoms with van der Waals surface area (Å²) in [5, 5.41) is 9.90. The Morgan fingerprint density at radius 1 is 1.04 bits per heavy atom. The summed E-state index contributed by atoms with van der Waals surface area (Å²) in [4.78, 5) is 0.284. The normalized spacial score (nSPS) is 15.7. The maximum Gasteiger partial charge on any atom is 0.243 e. The molecule has 1 saturated heterocycles. The molecular formula is C17H19NO4S. The van der Waals surface area contributed by atoms with E-state index in [0.717, 1.165) is 24.0 Å².